The van der Waals surface area contributed by atoms with Gasteiger partial charge in [0, 0.05) is 0 Å². The zero-order chi connectivity index (χ0) is 12.2. The minimum atomic E-state index is -5.21. The van der Waals surface area contributed by atoms with Crippen LogP contribution in [-0.2, 0) is 14.3 Å². The molecule has 0 aliphatic heterocycles. The van der Waals surface area contributed by atoms with Gasteiger partial charge in [0.25, 0.3) is 5.78 Å². The molecular formula is C8H8F3NO3. The smallest absolute Gasteiger partial charge is 0.452 e. The van der Waals surface area contributed by atoms with Crippen molar-refractivity contribution in [2.75, 3.05) is 0 Å². The van der Waals surface area contributed by atoms with E-state index in [4.69, 9.17) is 5.26 Å². The van der Waals surface area contributed by atoms with Crippen LogP contribution >= 0.6 is 0 Å². The molecule has 1 atom stereocenters. The van der Waals surface area contributed by atoms with Gasteiger partial charge in [0.2, 0.25) is 5.92 Å². The predicted octanol–water partition coefficient (Wildman–Crippen LogP) is 1.21. The number of hydrogen-bond acceptors (Lipinski definition) is 4. The Morgan fingerprint density at radius 1 is 1.33 bits per heavy atom. The number of carbonyl (C=O) groups excluding carboxylic acids is 2. The zero-order valence-corrected chi connectivity index (χ0v) is 7.96. The summed E-state index contributed by atoms with van der Waals surface area (Å²) in [6, 6.07) is 0.969. The molecule has 0 aromatic rings. The number of hydrogen-bond donors (Lipinski definition) is 0. The molecule has 0 spiro atoms. The van der Waals surface area contributed by atoms with Gasteiger partial charge in [-0.2, -0.15) is 18.4 Å². The molecule has 0 bridgehead atoms. The lowest BCUT2D eigenvalue weighted by atomic mass is 10.1. The Labute approximate surface area is 83.6 Å². The Morgan fingerprint density at radius 2 is 1.80 bits per heavy atom. The van der Waals surface area contributed by atoms with Crippen molar-refractivity contribution in [3.8, 4) is 6.07 Å². The molecule has 0 fully saturated rings. The van der Waals surface area contributed by atoms with Crippen molar-refractivity contribution in [1.29, 1.82) is 5.26 Å². The first-order valence-electron chi connectivity index (χ1n) is 3.91. The molecule has 0 amide bonds. The van der Waals surface area contributed by atoms with Gasteiger partial charge in [-0.3, -0.25) is 9.59 Å². The molecule has 0 radical (unpaired) electrons. The average Bonchev–Trinajstić information content (AvgIpc) is 2.01. The van der Waals surface area contributed by atoms with E-state index in [1.807, 2.05) is 0 Å². The normalized spacial score (nSPS) is 13.1. The molecular weight excluding hydrogens is 215 g/mol. The molecule has 7 heteroatoms. The largest absolute Gasteiger partial charge is 0.462 e. The summed E-state index contributed by atoms with van der Waals surface area (Å²) in [6.45, 7) is 2.79. The molecule has 0 heterocycles. The van der Waals surface area contributed by atoms with Crippen LogP contribution < -0.4 is 0 Å². The van der Waals surface area contributed by atoms with Crippen LogP contribution in [0, 0.1) is 17.2 Å². The number of Topliss-reactive ketones (excluding diaryl/α,β-unsaturated/α-hetero) is 1. The van der Waals surface area contributed by atoms with Crippen molar-refractivity contribution in [1.82, 2.24) is 0 Å². The lowest BCUT2D eigenvalue weighted by molar-refractivity contribution is -0.179. The van der Waals surface area contributed by atoms with Crippen LogP contribution in [0.3, 0.4) is 0 Å². The van der Waals surface area contributed by atoms with E-state index in [2.05, 4.69) is 4.74 Å². The van der Waals surface area contributed by atoms with Gasteiger partial charge in [0.05, 0.1) is 12.2 Å². The number of ketones is 1. The van der Waals surface area contributed by atoms with Gasteiger partial charge in [-0.1, -0.05) is 0 Å². The highest BCUT2D eigenvalue weighted by Gasteiger charge is 2.47. The Kier molecular flexibility index (Phi) is 4.27. The Bertz CT molecular complexity index is 303. The van der Waals surface area contributed by atoms with Crippen molar-refractivity contribution in [3.63, 3.8) is 0 Å². The Hall–Kier alpha value is -1.58. The van der Waals surface area contributed by atoms with E-state index >= 15 is 0 Å². The summed E-state index contributed by atoms with van der Waals surface area (Å²) >= 11 is 0. The maximum Gasteiger partial charge on any atom is 0.452 e. The van der Waals surface area contributed by atoms with Crippen LogP contribution in [-0.4, -0.2) is 24.0 Å². The van der Waals surface area contributed by atoms with Crippen molar-refractivity contribution < 1.29 is 27.5 Å². The summed E-state index contributed by atoms with van der Waals surface area (Å²) in [7, 11) is 0. The first kappa shape index (κ1) is 13.4. The van der Waals surface area contributed by atoms with E-state index in [0.29, 0.717) is 0 Å². The third-order valence-corrected chi connectivity index (χ3v) is 1.26. The second kappa shape index (κ2) is 4.77. The van der Waals surface area contributed by atoms with E-state index in [1.54, 1.807) is 0 Å². The molecule has 1 unspecified atom stereocenters. The predicted molar refractivity (Wildman–Crippen MR) is 41.4 cm³/mol. The van der Waals surface area contributed by atoms with Gasteiger partial charge in [0.15, 0.2) is 0 Å². The number of nitrogens with zero attached hydrogens (tertiary/aromatic N) is 1. The van der Waals surface area contributed by atoms with E-state index < -0.39 is 30.0 Å². The number of esters is 1. The molecule has 0 aromatic heterocycles. The second-order valence-corrected chi connectivity index (χ2v) is 2.91. The highest BCUT2D eigenvalue weighted by Crippen LogP contribution is 2.21. The van der Waals surface area contributed by atoms with Gasteiger partial charge in [-0.05, 0) is 13.8 Å². The number of carbonyl (C=O) groups is 2. The molecule has 0 rings (SSSR count). The number of rotatable bonds is 3. The lowest BCUT2D eigenvalue weighted by Gasteiger charge is -2.12. The van der Waals surface area contributed by atoms with Crippen LogP contribution in [0.2, 0.25) is 0 Å². The molecule has 15 heavy (non-hydrogen) atoms. The highest BCUT2D eigenvalue weighted by atomic mass is 19.4. The number of halogens is 3. The van der Waals surface area contributed by atoms with E-state index in [1.165, 1.54) is 13.8 Å². The third kappa shape index (κ3) is 3.97. The lowest BCUT2D eigenvalue weighted by Crippen LogP contribution is -2.36. The maximum atomic E-state index is 11.9. The molecule has 0 N–H and O–H groups in total. The summed E-state index contributed by atoms with van der Waals surface area (Å²) in [6.07, 6.45) is -5.90. The fourth-order valence-corrected chi connectivity index (χ4v) is 0.682. The highest BCUT2D eigenvalue weighted by molar-refractivity contribution is 6.04. The van der Waals surface area contributed by atoms with Gasteiger partial charge < -0.3 is 4.74 Å². The van der Waals surface area contributed by atoms with Gasteiger partial charge in [0.1, 0.15) is 0 Å². The van der Waals surface area contributed by atoms with Crippen molar-refractivity contribution in [2.24, 2.45) is 5.92 Å². The number of ether oxygens (including phenoxy) is 1. The molecule has 0 aliphatic rings. The third-order valence-electron chi connectivity index (χ3n) is 1.26. The molecule has 0 saturated carbocycles. The van der Waals surface area contributed by atoms with Crippen LogP contribution in [0.25, 0.3) is 0 Å². The molecule has 0 saturated heterocycles. The standard InChI is InChI=1S/C8H8F3NO3/c1-4(2)15-7(14)5(3-12)6(13)8(9,10)11/h4-5H,1-2H3. The number of alkyl halides is 3. The quantitative estimate of drug-likeness (QED) is 0.532. The minimum Gasteiger partial charge on any atom is -0.462 e. The summed E-state index contributed by atoms with van der Waals surface area (Å²) in [5, 5.41) is 8.27. The van der Waals surface area contributed by atoms with Crippen molar-refractivity contribution in [2.45, 2.75) is 26.1 Å². The summed E-state index contributed by atoms with van der Waals surface area (Å²) in [4.78, 5) is 21.5. The summed E-state index contributed by atoms with van der Waals surface area (Å²) in [5.41, 5.74) is 0. The average molecular weight is 223 g/mol. The van der Waals surface area contributed by atoms with E-state index in [9.17, 15) is 22.8 Å². The van der Waals surface area contributed by atoms with Crippen LogP contribution in [0.1, 0.15) is 13.8 Å². The maximum absolute atomic E-state index is 11.9. The monoisotopic (exact) mass is 223 g/mol. The van der Waals surface area contributed by atoms with Gasteiger partial charge >= 0.3 is 12.1 Å². The SMILES string of the molecule is CC(C)OC(=O)C(C#N)C(=O)C(F)(F)F. The fraction of sp³-hybridized carbons (Fsp3) is 0.625. The van der Waals surface area contributed by atoms with Crippen molar-refractivity contribution in [3.05, 3.63) is 0 Å². The van der Waals surface area contributed by atoms with Crippen molar-refractivity contribution >= 4 is 11.8 Å². The van der Waals surface area contributed by atoms with E-state index in [0.717, 1.165) is 6.07 Å². The first-order chi connectivity index (χ1) is 6.70. The topological polar surface area (TPSA) is 67.2 Å². The summed E-state index contributed by atoms with van der Waals surface area (Å²) in [5.74, 6) is -6.32. The second-order valence-electron chi connectivity index (χ2n) is 2.91. The summed E-state index contributed by atoms with van der Waals surface area (Å²) < 4.78 is 40.0. The molecule has 84 valence electrons. The molecule has 0 aromatic carbocycles. The number of nitriles is 1. The Balaban J connectivity index is 4.73. The van der Waals surface area contributed by atoms with Gasteiger partial charge in [-0.25, -0.2) is 0 Å². The van der Waals surface area contributed by atoms with Crippen LogP contribution in [0.4, 0.5) is 13.2 Å². The zero-order valence-electron chi connectivity index (χ0n) is 7.96. The Morgan fingerprint density at radius 3 is 2.07 bits per heavy atom. The van der Waals surface area contributed by atoms with Crippen LogP contribution in [0.15, 0.2) is 0 Å². The minimum absolute atomic E-state index is 0.686. The molecule has 4 nitrogen and oxygen atoms in total. The molecule has 0 aliphatic carbocycles. The van der Waals surface area contributed by atoms with Crippen LogP contribution in [0.5, 0.6) is 0 Å². The van der Waals surface area contributed by atoms with E-state index in [-0.39, 0.29) is 0 Å². The first-order valence-corrected chi connectivity index (χ1v) is 3.91. The van der Waals surface area contributed by atoms with Gasteiger partial charge in [-0.15, -0.1) is 0 Å². The fourth-order valence-electron chi connectivity index (χ4n) is 0.682.